The topological polar surface area (TPSA) is 61.1 Å². The molecule has 6 heavy (non-hydrogen) atoms. The van der Waals surface area contributed by atoms with Gasteiger partial charge in [0, 0.05) is 6.54 Å². The molecule has 0 saturated heterocycles. The lowest BCUT2D eigenvalue weighted by Crippen LogP contribution is -1.97. The second-order valence-electron chi connectivity index (χ2n) is 0.894. The molecule has 0 aliphatic rings. The van der Waals surface area contributed by atoms with Gasteiger partial charge in [-0.25, -0.2) is 0 Å². The average molecular weight is 88.1 g/mol. The zero-order valence-corrected chi connectivity index (χ0v) is 3.27. The largest absolute Gasteiger partial charge is 0.481 e. The third-order valence-electron chi connectivity index (χ3n) is 0.339. The van der Waals surface area contributed by atoms with Crippen molar-refractivity contribution in [2.75, 3.05) is 6.54 Å². The number of carbonyl (C=O) groups is 1. The van der Waals surface area contributed by atoms with E-state index in [1.54, 1.807) is 0 Å². The minimum absolute atomic E-state index is 0.0185. The van der Waals surface area contributed by atoms with E-state index in [1.165, 1.54) is 0 Å². The van der Waals surface area contributed by atoms with E-state index in [1.807, 2.05) is 0 Å². The predicted molar refractivity (Wildman–Crippen MR) is 20.2 cm³/mol. The number of rotatable bonds is 2. The predicted octanol–water partition coefficient (Wildman–Crippen LogP) is -0.256. The van der Waals surface area contributed by atoms with Crippen LogP contribution in [0.5, 0.6) is 0 Å². The number of carboxylic acid groups (broad SMARTS) is 1. The van der Waals surface area contributed by atoms with Crippen molar-refractivity contribution in [2.45, 2.75) is 6.42 Å². The molecule has 0 spiro atoms. The number of hydrogen-bond donors (Lipinski definition) is 1. The summed E-state index contributed by atoms with van der Waals surface area (Å²) in [5.41, 5.74) is 6.35. The molecular weight excluding hydrogens is 82.0 g/mol. The lowest BCUT2D eigenvalue weighted by molar-refractivity contribution is -0.136. The van der Waals surface area contributed by atoms with Crippen LogP contribution in [0.25, 0.3) is 0 Å². The molecule has 3 nitrogen and oxygen atoms in total. The smallest absolute Gasteiger partial charge is 0.304 e. The van der Waals surface area contributed by atoms with E-state index in [9.17, 15) is 4.79 Å². The van der Waals surface area contributed by atoms with E-state index in [0.29, 0.717) is 0 Å². The molecule has 0 unspecified atom stereocenters. The van der Waals surface area contributed by atoms with Gasteiger partial charge in [-0.3, -0.25) is 10.5 Å². The molecule has 0 aromatic heterocycles. The highest BCUT2D eigenvalue weighted by molar-refractivity contribution is 5.66. The molecule has 0 aliphatic carbocycles. The van der Waals surface area contributed by atoms with Gasteiger partial charge in [-0.1, -0.05) is 0 Å². The molecular formula is C3H6NO2. The quantitative estimate of drug-likeness (QED) is 0.505. The maximum absolute atomic E-state index is 9.48. The van der Waals surface area contributed by atoms with Crippen LogP contribution in [0.1, 0.15) is 6.42 Å². The molecule has 0 fully saturated rings. The summed E-state index contributed by atoms with van der Waals surface area (Å²) in [6.45, 7) is -0.0185. The Hall–Kier alpha value is -0.570. The molecule has 2 N–H and O–H groups in total. The maximum Gasteiger partial charge on any atom is 0.304 e. The summed E-state index contributed by atoms with van der Waals surface area (Å²) in [6, 6.07) is 0. The molecule has 0 aromatic rings. The number of hydrogen-bond acceptors (Lipinski definition) is 1. The third kappa shape index (κ3) is 3.43. The standard InChI is InChI=1S/C3H6NO2/c4-2-1-3(5)6/h4H,1-2H2,(H,5,6). The average Bonchev–Trinajstić information content (AvgIpc) is 1.35. The highest BCUT2D eigenvalue weighted by Gasteiger charge is 1.88. The molecule has 35 valence electrons. The molecule has 3 heteroatoms. The zero-order valence-electron chi connectivity index (χ0n) is 3.27. The van der Waals surface area contributed by atoms with Crippen molar-refractivity contribution in [3.63, 3.8) is 0 Å². The van der Waals surface area contributed by atoms with Crippen LogP contribution in [0.15, 0.2) is 0 Å². The first-order chi connectivity index (χ1) is 2.77. The minimum Gasteiger partial charge on any atom is -0.481 e. The van der Waals surface area contributed by atoms with E-state index >= 15 is 0 Å². The van der Waals surface area contributed by atoms with E-state index in [0.717, 1.165) is 0 Å². The van der Waals surface area contributed by atoms with Crippen molar-refractivity contribution in [3.8, 4) is 0 Å². The van der Waals surface area contributed by atoms with Crippen LogP contribution < -0.4 is 5.73 Å². The van der Waals surface area contributed by atoms with Crippen molar-refractivity contribution in [1.82, 2.24) is 5.73 Å². The summed E-state index contributed by atoms with van der Waals surface area (Å²) in [4.78, 5) is 9.48. The Labute approximate surface area is 35.8 Å². The Morgan fingerprint density at radius 3 is 2.33 bits per heavy atom. The van der Waals surface area contributed by atoms with E-state index in [4.69, 9.17) is 10.8 Å². The minimum atomic E-state index is -0.898. The lowest BCUT2D eigenvalue weighted by atomic mass is 10.5. The van der Waals surface area contributed by atoms with Crippen LogP contribution in [0.3, 0.4) is 0 Å². The fraction of sp³-hybridized carbons (Fsp3) is 0.667. The first kappa shape index (κ1) is 5.43. The van der Waals surface area contributed by atoms with Gasteiger partial charge in [-0.15, -0.1) is 0 Å². The fourth-order valence-electron chi connectivity index (χ4n) is 0.107. The van der Waals surface area contributed by atoms with Gasteiger partial charge in [0.05, 0.1) is 6.42 Å². The Kier molecular flexibility index (Phi) is 2.40. The molecule has 0 saturated carbocycles. The summed E-state index contributed by atoms with van der Waals surface area (Å²) >= 11 is 0. The van der Waals surface area contributed by atoms with Crippen LogP contribution >= 0.6 is 0 Å². The molecule has 1 radical (unpaired) electrons. The van der Waals surface area contributed by atoms with Gasteiger partial charge in [0.15, 0.2) is 0 Å². The Morgan fingerprint density at radius 1 is 1.83 bits per heavy atom. The summed E-state index contributed by atoms with van der Waals surface area (Å²) in [7, 11) is 0. The third-order valence-corrected chi connectivity index (χ3v) is 0.339. The van der Waals surface area contributed by atoms with Crippen LogP contribution in [-0.2, 0) is 4.79 Å². The Morgan fingerprint density at radius 2 is 2.33 bits per heavy atom. The highest BCUT2D eigenvalue weighted by atomic mass is 16.4. The Bertz CT molecular complexity index is 52.8. The van der Waals surface area contributed by atoms with Crippen LogP contribution in [-0.4, -0.2) is 17.6 Å². The zero-order chi connectivity index (χ0) is 4.99. The molecule has 0 aliphatic heterocycles. The summed E-state index contributed by atoms with van der Waals surface area (Å²) in [5, 5.41) is 7.79. The van der Waals surface area contributed by atoms with Crippen LogP contribution in [0, 0.1) is 0 Å². The van der Waals surface area contributed by atoms with Gasteiger partial charge >= 0.3 is 5.97 Å². The van der Waals surface area contributed by atoms with Gasteiger partial charge in [-0.05, 0) is 0 Å². The Balaban J connectivity index is 2.83. The van der Waals surface area contributed by atoms with Gasteiger partial charge in [0.1, 0.15) is 0 Å². The molecule has 0 aromatic carbocycles. The van der Waals surface area contributed by atoms with Crippen molar-refractivity contribution in [2.24, 2.45) is 0 Å². The molecule has 0 heterocycles. The number of carboxylic acids is 1. The summed E-state index contributed by atoms with van der Waals surface area (Å²) in [6.07, 6.45) is -0.0417. The van der Waals surface area contributed by atoms with Crippen molar-refractivity contribution < 1.29 is 9.90 Å². The second kappa shape index (κ2) is 2.66. The molecule has 0 bridgehead atoms. The number of nitrogens with one attached hydrogen (secondary N) is 1. The number of aliphatic carboxylic acids is 1. The molecule has 0 rings (SSSR count). The van der Waals surface area contributed by atoms with Gasteiger partial charge in [-0.2, -0.15) is 0 Å². The van der Waals surface area contributed by atoms with Crippen molar-refractivity contribution in [3.05, 3.63) is 0 Å². The fourth-order valence-corrected chi connectivity index (χ4v) is 0.107. The van der Waals surface area contributed by atoms with Crippen LogP contribution in [0.2, 0.25) is 0 Å². The van der Waals surface area contributed by atoms with Gasteiger partial charge in [0.2, 0.25) is 0 Å². The summed E-state index contributed by atoms with van der Waals surface area (Å²) < 4.78 is 0. The normalized spacial score (nSPS) is 8.17. The van der Waals surface area contributed by atoms with Gasteiger partial charge < -0.3 is 5.11 Å². The second-order valence-corrected chi connectivity index (χ2v) is 0.894. The van der Waals surface area contributed by atoms with Crippen molar-refractivity contribution >= 4 is 5.97 Å². The monoisotopic (exact) mass is 88.0 g/mol. The van der Waals surface area contributed by atoms with Crippen molar-refractivity contribution in [1.29, 1.82) is 0 Å². The lowest BCUT2D eigenvalue weighted by Gasteiger charge is -1.79. The van der Waals surface area contributed by atoms with E-state index in [-0.39, 0.29) is 13.0 Å². The SMILES string of the molecule is [NH]CCC(=O)O. The first-order valence-corrected chi connectivity index (χ1v) is 1.63. The highest BCUT2D eigenvalue weighted by Crippen LogP contribution is 1.69. The first-order valence-electron chi connectivity index (χ1n) is 1.63. The van der Waals surface area contributed by atoms with E-state index < -0.39 is 5.97 Å². The van der Waals surface area contributed by atoms with E-state index in [2.05, 4.69) is 0 Å². The summed E-state index contributed by atoms with van der Waals surface area (Å²) in [5.74, 6) is -0.898. The molecule has 0 amide bonds. The van der Waals surface area contributed by atoms with Gasteiger partial charge in [0.25, 0.3) is 0 Å². The van der Waals surface area contributed by atoms with Crippen LogP contribution in [0.4, 0.5) is 0 Å². The maximum atomic E-state index is 9.48. The molecule has 0 atom stereocenters.